The van der Waals surface area contributed by atoms with Crippen molar-refractivity contribution < 1.29 is 28.6 Å². The van der Waals surface area contributed by atoms with E-state index in [2.05, 4.69) is 93.7 Å². The van der Waals surface area contributed by atoms with Gasteiger partial charge in [0.1, 0.15) is 13.2 Å². The van der Waals surface area contributed by atoms with Gasteiger partial charge in [-0.3, -0.25) is 14.4 Å². The van der Waals surface area contributed by atoms with E-state index in [9.17, 15) is 14.4 Å². The molecule has 1 unspecified atom stereocenters. The summed E-state index contributed by atoms with van der Waals surface area (Å²) in [5, 5.41) is 0. The Morgan fingerprint density at radius 1 is 0.266 bits per heavy atom. The number of esters is 3. The Balaban J connectivity index is 4.19. The average molecular weight is 1100 g/mol. The molecule has 6 heteroatoms. The number of unbranched alkanes of at least 4 members (excludes halogenated alkanes) is 40. The molecule has 0 aromatic rings. The maximum absolute atomic E-state index is 12.9. The lowest BCUT2D eigenvalue weighted by Crippen LogP contribution is -2.30. The monoisotopic (exact) mass is 1100 g/mol. The van der Waals surface area contributed by atoms with E-state index in [4.69, 9.17) is 14.2 Å². The van der Waals surface area contributed by atoms with Crippen molar-refractivity contribution in [3.05, 3.63) is 72.9 Å². The highest BCUT2D eigenvalue weighted by atomic mass is 16.6. The minimum atomic E-state index is -0.775. The van der Waals surface area contributed by atoms with Crippen LogP contribution in [0.15, 0.2) is 72.9 Å². The topological polar surface area (TPSA) is 78.9 Å². The molecule has 0 aromatic heterocycles. The third-order valence-corrected chi connectivity index (χ3v) is 15.2. The molecule has 0 aromatic carbocycles. The zero-order valence-electron chi connectivity index (χ0n) is 52.6. The predicted molar refractivity (Wildman–Crippen MR) is 344 cm³/mol. The molecule has 0 saturated heterocycles. The molecule has 0 aliphatic heterocycles. The Bertz CT molecular complexity index is 1450. The predicted octanol–water partition coefficient (Wildman–Crippen LogP) is 23.7. The highest BCUT2D eigenvalue weighted by Gasteiger charge is 2.19. The maximum Gasteiger partial charge on any atom is 0.306 e. The molecule has 0 spiro atoms. The maximum atomic E-state index is 12.9. The lowest BCUT2D eigenvalue weighted by atomic mass is 10.0. The van der Waals surface area contributed by atoms with Crippen LogP contribution in [0.3, 0.4) is 0 Å². The molecule has 6 nitrogen and oxygen atoms in total. The zero-order chi connectivity index (χ0) is 57.1. The summed E-state index contributed by atoms with van der Waals surface area (Å²) >= 11 is 0. The van der Waals surface area contributed by atoms with Crippen LogP contribution in [-0.4, -0.2) is 37.2 Å². The summed E-state index contributed by atoms with van der Waals surface area (Å²) < 4.78 is 17.0. The van der Waals surface area contributed by atoms with Crippen LogP contribution >= 0.6 is 0 Å². The van der Waals surface area contributed by atoms with Gasteiger partial charge >= 0.3 is 17.9 Å². The van der Waals surface area contributed by atoms with Gasteiger partial charge in [0.05, 0.1) is 0 Å². The highest BCUT2D eigenvalue weighted by molar-refractivity contribution is 5.71. The van der Waals surface area contributed by atoms with E-state index in [0.717, 1.165) is 89.9 Å². The molecule has 458 valence electrons. The van der Waals surface area contributed by atoms with Gasteiger partial charge in [-0.2, -0.15) is 0 Å². The molecular weight excluding hydrogens is 973 g/mol. The molecule has 0 amide bonds. The van der Waals surface area contributed by atoms with Crippen molar-refractivity contribution in [1.82, 2.24) is 0 Å². The van der Waals surface area contributed by atoms with E-state index < -0.39 is 6.10 Å². The molecule has 0 aliphatic rings. The summed E-state index contributed by atoms with van der Waals surface area (Å²) in [4.78, 5) is 38.3. The van der Waals surface area contributed by atoms with Gasteiger partial charge in [-0.05, 0) is 89.9 Å². The lowest BCUT2D eigenvalue weighted by Gasteiger charge is -2.18. The van der Waals surface area contributed by atoms with Crippen LogP contribution in [0.5, 0.6) is 0 Å². The first-order valence-electron chi connectivity index (χ1n) is 34.4. The second-order valence-electron chi connectivity index (χ2n) is 23.1. The molecule has 1 atom stereocenters. The van der Waals surface area contributed by atoms with E-state index in [1.807, 2.05) is 0 Å². The first-order valence-corrected chi connectivity index (χ1v) is 34.4. The third-order valence-electron chi connectivity index (χ3n) is 15.2. The number of hydrogen-bond donors (Lipinski definition) is 0. The van der Waals surface area contributed by atoms with Gasteiger partial charge in [-0.25, -0.2) is 0 Å². The Kier molecular flexibility index (Phi) is 64.7. The fraction of sp³-hybridized carbons (Fsp3) is 0.795. The van der Waals surface area contributed by atoms with Gasteiger partial charge in [-0.1, -0.05) is 318 Å². The summed E-state index contributed by atoms with van der Waals surface area (Å²) in [6.07, 6.45) is 87.8. The standard InChI is InChI=1S/C73H130O6/c1-4-7-10-13-16-19-22-24-26-28-30-32-33-34-35-36-37-38-39-41-42-44-46-48-51-54-57-60-63-66-72(75)78-69-70(68-77-71(74)65-62-59-56-53-50-21-18-15-12-9-6-3)79-73(76)67-64-61-58-55-52-49-47-45-43-40-31-29-27-25-23-20-17-14-11-8-5-2/h7,10,16,19,23-26,29-32,70H,4-6,8-9,11-15,17-18,20-22,27-28,33-69H2,1-3H3/b10-7-,19-16-,25-23-,26-24-,31-29-,32-30-. The van der Waals surface area contributed by atoms with Crippen LogP contribution < -0.4 is 0 Å². The molecule has 0 fully saturated rings. The molecule has 0 bridgehead atoms. The van der Waals surface area contributed by atoms with E-state index in [0.29, 0.717) is 19.3 Å². The summed E-state index contributed by atoms with van der Waals surface area (Å²) in [6, 6.07) is 0. The molecule has 0 heterocycles. The number of carbonyl (C=O) groups is 3. The van der Waals surface area contributed by atoms with Gasteiger partial charge in [0.2, 0.25) is 0 Å². The summed E-state index contributed by atoms with van der Waals surface area (Å²) in [7, 11) is 0. The fourth-order valence-corrected chi connectivity index (χ4v) is 10.1. The zero-order valence-corrected chi connectivity index (χ0v) is 52.6. The van der Waals surface area contributed by atoms with Crippen LogP contribution in [0.25, 0.3) is 0 Å². The SMILES string of the molecule is CC/C=C\C/C=C\C/C=C\C/C=C\CCCCCCCCCCCCCCCCCCC(=O)OCC(COC(=O)CCCCCCCCCCCCC)OC(=O)CCCCCCCCCCC/C=C\C/C=C\CCCCCCC. The molecule has 0 rings (SSSR count). The third kappa shape index (κ3) is 65.5. The van der Waals surface area contributed by atoms with Crippen LogP contribution in [0.1, 0.15) is 355 Å². The number of carbonyl (C=O) groups excluding carboxylic acids is 3. The van der Waals surface area contributed by atoms with Crippen molar-refractivity contribution in [2.75, 3.05) is 13.2 Å². The summed E-state index contributed by atoms with van der Waals surface area (Å²) in [6.45, 7) is 6.56. The van der Waals surface area contributed by atoms with Crippen molar-refractivity contribution in [2.24, 2.45) is 0 Å². The van der Waals surface area contributed by atoms with Crippen LogP contribution in [0.2, 0.25) is 0 Å². The largest absolute Gasteiger partial charge is 0.462 e. The second kappa shape index (κ2) is 67.4. The van der Waals surface area contributed by atoms with Crippen molar-refractivity contribution in [3.8, 4) is 0 Å². The molecular formula is C73H130O6. The van der Waals surface area contributed by atoms with Crippen LogP contribution in [0.4, 0.5) is 0 Å². The molecule has 0 aliphatic carbocycles. The van der Waals surface area contributed by atoms with Crippen LogP contribution in [-0.2, 0) is 28.6 Å². The Labute approximate surface area is 491 Å². The van der Waals surface area contributed by atoms with Gasteiger partial charge in [0.25, 0.3) is 0 Å². The van der Waals surface area contributed by atoms with Crippen molar-refractivity contribution in [1.29, 1.82) is 0 Å². The van der Waals surface area contributed by atoms with Crippen molar-refractivity contribution >= 4 is 17.9 Å². The second-order valence-corrected chi connectivity index (χ2v) is 23.1. The van der Waals surface area contributed by atoms with E-state index in [1.54, 1.807) is 0 Å². The molecule has 0 saturated carbocycles. The number of allylic oxidation sites excluding steroid dienone is 12. The first-order chi connectivity index (χ1) is 39.0. The summed E-state index contributed by atoms with van der Waals surface area (Å²) in [5.74, 6) is -0.857. The van der Waals surface area contributed by atoms with Crippen LogP contribution in [0, 0.1) is 0 Å². The van der Waals surface area contributed by atoms with E-state index in [1.165, 1.54) is 225 Å². The van der Waals surface area contributed by atoms with Crippen molar-refractivity contribution in [3.63, 3.8) is 0 Å². The fourth-order valence-electron chi connectivity index (χ4n) is 10.1. The minimum absolute atomic E-state index is 0.0720. The smallest absolute Gasteiger partial charge is 0.306 e. The average Bonchev–Trinajstić information content (AvgIpc) is 3.45. The Morgan fingerprint density at radius 3 is 0.772 bits per heavy atom. The highest BCUT2D eigenvalue weighted by Crippen LogP contribution is 2.18. The lowest BCUT2D eigenvalue weighted by molar-refractivity contribution is -0.167. The van der Waals surface area contributed by atoms with Crippen molar-refractivity contribution in [2.45, 2.75) is 361 Å². The number of hydrogen-bond acceptors (Lipinski definition) is 6. The number of ether oxygens (including phenoxy) is 3. The molecule has 0 radical (unpaired) electrons. The first kappa shape index (κ1) is 75.8. The van der Waals surface area contributed by atoms with Gasteiger partial charge in [0, 0.05) is 19.3 Å². The Hall–Kier alpha value is -3.15. The van der Waals surface area contributed by atoms with E-state index >= 15 is 0 Å². The van der Waals surface area contributed by atoms with Gasteiger partial charge in [-0.15, -0.1) is 0 Å². The number of rotatable bonds is 63. The molecule has 79 heavy (non-hydrogen) atoms. The Morgan fingerprint density at radius 2 is 0.494 bits per heavy atom. The van der Waals surface area contributed by atoms with Gasteiger partial charge < -0.3 is 14.2 Å². The van der Waals surface area contributed by atoms with Gasteiger partial charge in [0.15, 0.2) is 6.10 Å². The quantitative estimate of drug-likeness (QED) is 0.0261. The summed E-state index contributed by atoms with van der Waals surface area (Å²) in [5.41, 5.74) is 0. The van der Waals surface area contributed by atoms with E-state index in [-0.39, 0.29) is 31.1 Å². The molecule has 0 N–H and O–H groups in total. The normalized spacial score (nSPS) is 12.5. The minimum Gasteiger partial charge on any atom is -0.462 e.